The summed E-state index contributed by atoms with van der Waals surface area (Å²) in [6, 6.07) is 11.3. The molecule has 0 unspecified atom stereocenters. The van der Waals surface area contributed by atoms with Gasteiger partial charge in [-0.15, -0.1) is 11.3 Å². The zero-order chi connectivity index (χ0) is 21.4. The maximum Gasteiger partial charge on any atom is 0.264 e. The molecule has 1 saturated heterocycles. The highest BCUT2D eigenvalue weighted by molar-refractivity contribution is 7.12. The van der Waals surface area contributed by atoms with E-state index in [1.807, 2.05) is 46.7 Å². The van der Waals surface area contributed by atoms with Crippen LogP contribution in [0.25, 0.3) is 0 Å². The molecule has 3 amide bonds. The number of nitrogens with zero attached hydrogens (tertiary/aromatic N) is 3. The lowest BCUT2D eigenvalue weighted by Gasteiger charge is -2.45. The summed E-state index contributed by atoms with van der Waals surface area (Å²) in [5.74, 6) is -0.0434. The van der Waals surface area contributed by atoms with Gasteiger partial charge in [0.2, 0.25) is 5.91 Å². The third-order valence-electron chi connectivity index (χ3n) is 6.67. The number of carbonyl (C=O) groups excluding carboxylic acids is 3. The molecule has 0 atom stereocenters. The molecule has 2 aromatic rings. The number of anilines is 2. The summed E-state index contributed by atoms with van der Waals surface area (Å²) in [6.07, 6.45) is 3.29. The molecule has 1 saturated carbocycles. The fraction of sp³-hybridized carbons (Fsp3) is 0.435. The van der Waals surface area contributed by atoms with Crippen molar-refractivity contribution in [1.29, 1.82) is 0 Å². The van der Waals surface area contributed by atoms with E-state index in [0.29, 0.717) is 44.7 Å². The van der Waals surface area contributed by atoms with Crippen molar-refractivity contribution in [3.05, 3.63) is 46.7 Å². The van der Waals surface area contributed by atoms with Gasteiger partial charge in [-0.25, -0.2) is 0 Å². The van der Waals surface area contributed by atoms with Gasteiger partial charge < -0.3 is 10.2 Å². The molecule has 3 aliphatic rings. The minimum absolute atomic E-state index is 0.0396. The Bertz CT molecular complexity index is 992. The number of rotatable bonds is 3. The van der Waals surface area contributed by atoms with Crippen molar-refractivity contribution >= 4 is 40.4 Å². The Balaban J connectivity index is 1.31. The lowest BCUT2D eigenvalue weighted by atomic mass is 9.89. The van der Waals surface area contributed by atoms with E-state index in [0.717, 1.165) is 23.4 Å². The van der Waals surface area contributed by atoms with Crippen molar-refractivity contribution in [1.82, 2.24) is 9.80 Å². The summed E-state index contributed by atoms with van der Waals surface area (Å²) in [6.45, 7) is 2.76. The number of piperazine rings is 1. The van der Waals surface area contributed by atoms with Crippen LogP contribution in [-0.2, 0) is 9.59 Å². The fourth-order valence-electron chi connectivity index (χ4n) is 5.06. The number of benzene rings is 1. The molecule has 5 rings (SSSR count). The van der Waals surface area contributed by atoms with Gasteiger partial charge in [-0.05, 0) is 36.4 Å². The summed E-state index contributed by atoms with van der Waals surface area (Å²) >= 11 is 1.46. The van der Waals surface area contributed by atoms with E-state index in [4.69, 9.17) is 0 Å². The SMILES string of the molecule is O=C(c1cccs1)N1CCN(CC(=O)N2c3ccccc3NC(=O)C23CCCC3)CC1. The molecule has 2 fully saturated rings. The predicted octanol–water partition coefficient (Wildman–Crippen LogP) is 2.80. The molecule has 1 aliphatic carbocycles. The van der Waals surface area contributed by atoms with Crippen LogP contribution in [0.2, 0.25) is 0 Å². The molecule has 1 N–H and O–H groups in total. The van der Waals surface area contributed by atoms with Crippen LogP contribution in [-0.4, -0.2) is 65.8 Å². The molecule has 1 spiro atoms. The highest BCUT2D eigenvalue weighted by Crippen LogP contribution is 2.45. The topological polar surface area (TPSA) is 73.0 Å². The number of thiophene rings is 1. The largest absolute Gasteiger partial charge is 0.335 e. The van der Waals surface area contributed by atoms with Crippen LogP contribution in [0.1, 0.15) is 35.4 Å². The molecule has 8 heteroatoms. The second-order valence-corrected chi connectivity index (χ2v) is 9.43. The molecule has 7 nitrogen and oxygen atoms in total. The van der Waals surface area contributed by atoms with E-state index in [9.17, 15) is 14.4 Å². The quantitative estimate of drug-likeness (QED) is 0.800. The lowest BCUT2D eigenvalue weighted by molar-refractivity contribution is -0.128. The molecule has 3 heterocycles. The Hall–Kier alpha value is -2.71. The maximum absolute atomic E-state index is 13.6. The number of fused-ring (bicyclic) bond motifs is 1. The van der Waals surface area contributed by atoms with Gasteiger partial charge in [0.15, 0.2) is 0 Å². The summed E-state index contributed by atoms with van der Waals surface area (Å²) in [4.78, 5) is 45.7. The molecule has 0 bridgehead atoms. The van der Waals surface area contributed by atoms with Crippen molar-refractivity contribution in [3.63, 3.8) is 0 Å². The van der Waals surface area contributed by atoms with Crippen molar-refractivity contribution in [3.8, 4) is 0 Å². The lowest BCUT2D eigenvalue weighted by Crippen LogP contribution is -2.62. The van der Waals surface area contributed by atoms with Crippen molar-refractivity contribution in [2.75, 3.05) is 42.9 Å². The van der Waals surface area contributed by atoms with E-state index in [1.165, 1.54) is 11.3 Å². The van der Waals surface area contributed by atoms with E-state index >= 15 is 0 Å². The molecule has 31 heavy (non-hydrogen) atoms. The number of hydrogen-bond donors (Lipinski definition) is 1. The third kappa shape index (κ3) is 3.53. The van der Waals surface area contributed by atoms with Gasteiger partial charge >= 0.3 is 0 Å². The maximum atomic E-state index is 13.6. The van der Waals surface area contributed by atoms with E-state index in [2.05, 4.69) is 10.2 Å². The van der Waals surface area contributed by atoms with Crippen LogP contribution in [0.15, 0.2) is 41.8 Å². The summed E-state index contributed by atoms with van der Waals surface area (Å²) in [7, 11) is 0. The van der Waals surface area contributed by atoms with Gasteiger partial charge in [-0.3, -0.25) is 24.2 Å². The predicted molar refractivity (Wildman–Crippen MR) is 120 cm³/mol. The normalized spacial score (nSPS) is 20.6. The van der Waals surface area contributed by atoms with Crippen molar-refractivity contribution in [2.45, 2.75) is 31.2 Å². The van der Waals surface area contributed by atoms with Gasteiger partial charge in [0.1, 0.15) is 5.54 Å². The fourth-order valence-corrected chi connectivity index (χ4v) is 5.75. The average molecular weight is 439 g/mol. The molecule has 1 aromatic carbocycles. The first-order valence-corrected chi connectivity index (χ1v) is 11.8. The van der Waals surface area contributed by atoms with E-state index < -0.39 is 5.54 Å². The standard InChI is InChI=1S/C23H26N4O3S/c28-20(16-25-11-13-26(14-12-25)21(29)19-8-5-15-31-19)27-18-7-2-1-6-17(18)24-22(30)23(27)9-3-4-10-23/h1-2,5-8,15H,3-4,9-14,16H2,(H,24,30). The Morgan fingerprint density at radius 3 is 2.45 bits per heavy atom. The molecule has 1 aromatic heterocycles. The van der Waals surface area contributed by atoms with Gasteiger partial charge in [-0.1, -0.05) is 31.0 Å². The molecular formula is C23H26N4O3S. The number of amides is 3. The third-order valence-corrected chi connectivity index (χ3v) is 7.53. The molecular weight excluding hydrogens is 412 g/mol. The Morgan fingerprint density at radius 1 is 1.00 bits per heavy atom. The monoisotopic (exact) mass is 438 g/mol. The van der Waals surface area contributed by atoms with Gasteiger partial charge in [-0.2, -0.15) is 0 Å². The molecule has 0 radical (unpaired) electrons. The van der Waals surface area contributed by atoms with Crippen LogP contribution in [0.5, 0.6) is 0 Å². The number of para-hydroxylation sites is 2. The first-order chi connectivity index (χ1) is 15.1. The molecule has 2 aliphatic heterocycles. The minimum Gasteiger partial charge on any atom is -0.335 e. The second-order valence-electron chi connectivity index (χ2n) is 8.48. The average Bonchev–Trinajstić information content (AvgIpc) is 3.48. The summed E-state index contributed by atoms with van der Waals surface area (Å²) in [5.41, 5.74) is 0.716. The highest BCUT2D eigenvalue weighted by atomic mass is 32.1. The van der Waals surface area contributed by atoms with Gasteiger partial charge in [0.05, 0.1) is 22.8 Å². The summed E-state index contributed by atoms with van der Waals surface area (Å²) < 4.78 is 0. The van der Waals surface area contributed by atoms with Crippen LogP contribution in [0.4, 0.5) is 11.4 Å². The van der Waals surface area contributed by atoms with Crippen molar-refractivity contribution in [2.24, 2.45) is 0 Å². The highest BCUT2D eigenvalue weighted by Gasteiger charge is 2.52. The second kappa shape index (κ2) is 8.09. The van der Waals surface area contributed by atoms with Crippen LogP contribution < -0.4 is 10.2 Å². The zero-order valence-electron chi connectivity index (χ0n) is 17.4. The van der Waals surface area contributed by atoms with E-state index in [-0.39, 0.29) is 24.3 Å². The first-order valence-electron chi connectivity index (χ1n) is 10.9. The number of carbonyl (C=O) groups is 3. The number of nitrogens with one attached hydrogen (secondary N) is 1. The number of hydrogen-bond acceptors (Lipinski definition) is 5. The Morgan fingerprint density at radius 2 is 1.74 bits per heavy atom. The van der Waals surface area contributed by atoms with E-state index in [1.54, 1.807) is 4.90 Å². The smallest absolute Gasteiger partial charge is 0.264 e. The van der Waals surface area contributed by atoms with Crippen LogP contribution >= 0.6 is 11.3 Å². The van der Waals surface area contributed by atoms with Gasteiger partial charge in [0, 0.05) is 26.2 Å². The summed E-state index contributed by atoms with van der Waals surface area (Å²) in [5, 5.41) is 4.93. The Labute approximate surface area is 185 Å². The van der Waals surface area contributed by atoms with Crippen molar-refractivity contribution < 1.29 is 14.4 Å². The first kappa shape index (κ1) is 20.2. The van der Waals surface area contributed by atoms with Gasteiger partial charge in [0.25, 0.3) is 11.8 Å². The van der Waals surface area contributed by atoms with Crippen LogP contribution in [0.3, 0.4) is 0 Å². The van der Waals surface area contributed by atoms with Crippen LogP contribution in [0, 0.1) is 0 Å². The Kier molecular flexibility index (Phi) is 5.27. The zero-order valence-corrected chi connectivity index (χ0v) is 18.2. The minimum atomic E-state index is -0.775. The molecule has 162 valence electrons.